The lowest BCUT2D eigenvalue weighted by atomic mass is 10.2. The van der Waals surface area contributed by atoms with Crippen LogP contribution in [-0.4, -0.2) is 10.8 Å². The molecule has 2 rings (SSSR count). The quantitative estimate of drug-likeness (QED) is 0.789. The molecule has 0 N–H and O–H groups in total. The number of aromatic nitrogens is 1. The van der Waals surface area contributed by atoms with Crippen molar-refractivity contribution < 1.29 is 18.3 Å². The van der Waals surface area contributed by atoms with Gasteiger partial charge in [0, 0.05) is 12.5 Å². The van der Waals surface area contributed by atoms with E-state index in [1.54, 1.807) is 6.92 Å². The van der Waals surface area contributed by atoms with Gasteiger partial charge in [-0.3, -0.25) is 4.79 Å². The third kappa shape index (κ3) is 3.13. The van der Waals surface area contributed by atoms with Crippen molar-refractivity contribution in [3.05, 3.63) is 53.9 Å². The van der Waals surface area contributed by atoms with Gasteiger partial charge in [0.25, 0.3) is 0 Å². The van der Waals surface area contributed by atoms with Crippen LogP contribution in [0.2, 0.25) is 0 Å². The first kappa shape index (κ1) is 13.1. The van der Waals surface area contributed by atoms with Crippen LogP contribution < -0.4 is 4.74 Å². The Balaban J connectivity index is 2.19. The van der Waals surface area contributed by atoms with E-state index in [-0.39, 0.29) is 17.3 Å². The lowest BCUT2D eigenvalue weighted by Crippen LogP contribution is -1.99. The number of ether oxygens (including phenoxy) is 1. The summed E-state index contributed by atoms with van der Waals surface area (Å²) in [5.74, 6) is -1.35. The number of benzene rings is 1. The average Bonchev–Trinajstić information content (AvgIpc) is 2.43. The smallest absolute Gasteiger partial charge is 0.180 e. The molecule has 19 heavy (non-hydrogen) atoms. The summed E-state index contributed by atoms with van der Waals surface area (Å²) in [6.45, 7) is 1.73. The Morgan fingerprint density at radius 1 is 1.26 bits per heavy atom. The fourth-order valence-electron chi connectivity index (χ4n) is 1.47. The van der Waals surface area contributed by atoms with E-state index in [0.29, 0.717) is 12.1 Å². The molecule has 98 valence electrons. The molecule has 0 aliphatic carbocycles. The number of ketones is 1. The number of carbonyl (C=O) groups is 1. The van der Waals surface area contributed by atoms with Crippen molar-refractivity contribution in [2.24, 2.45) is 0 Å². The first-order chi connectivity index (χ1) is 9.10. The van der Waals surface area contributed by atoms with Gasteiger partial charge in [0.15, 0.2) is 17.3 Å². The molecule has 0 radical (unpaired) electrons. The molecule has 1 aromatic carbocycles. The van der Waals surface area contributed by atoms with Crippen LogP contribution in [0.5, 0.6) is 11.5 Å². The van der Waals surface area contributed by atoms with Crippen LogP contribution in [0.25, 0.3) is 0 Å². The zero-order valence-corrected chi connectivity index (χ0v) is 10.2. The van der Waals surface area contributed by atoms with Crippen LogP contribution >= 0.6 is 0 Å². The lowest BCUT2D eigenvalue weighted by molar-refractivity contribution is 0.0983. The van der Waals surface area contributed by atoms with Gasteiger partial charge in [-0.1, -0.05) is 6.92 Å². The van der Waals surface area contributed by atoms with Crippen LogP contribution in [0.3, 0.4) is 0 Å². The summed E-state index contributed by atoms with van der Waals surface area (Å²) in [4.78, 5) is 15.3. The van der Waals surface area contributed by atoms with Gasteiger partial charge < -0.3 is 4.74 Å². The van der Waals surface area contributed by atoms with Gasteiger partial charge in [0.05, 0.1) is 6.20 Å². The van der Waals surface area contributed by atoms with E-state index in [1.807, 2.05) is 0 Å². The number of pyridine rings is 1. The summed E-state index contributed by atoms with van der Waals surface area (Å²) >= 11 is 0. The molecule has 0 aliphatic heterocycles. The maximum absolute atomic E-state index is 13.4. The largest absolute Gasteiger partial charge is 0.453 e. The lowest BCUT2D eigenvalue weighted by Gasteiger charge is -2.06. The number of Topliss-reactive ketones (excluding diaryl/α,β-unsaturated/α-hetero) is 1. The molecule has 0 saturated carbocycles. The maximum atomic E-state index is 13.4. The van der Waals surface area contributed by atoms with Crippen LogP contribution in [0.4, 0.5) is 8.78 Å². The normalized spacial score (nSPS) is 10.3. The van der Waals surface area contributed by atoms with Crippen molar-refractivity contribution in [2.75, 3.05) is 0 Å². The number of hydrogen-bond donors (Lipinski definition) is 0. The molecule has 0 unspecified atom stereocenters. The van der Waals surface area contributed by atoms with Gasteiger partial charge in [0.2, 0.25) is 0 Å². The number of halogens is 2. The molecular formula is C14H11F2NO2. The summed E-state index contributed by atoms with van der Waals surface area (Å²) in [7, 11) is 0. The highest BCUT2D eigenvalue weighted by Gasteiger charge is 2.08. The monoisotopic (exact) mass is 263 g/mol. The minimum Gasteiger partial charge on any atom is -0.453 e. The standard InChI is InChI=1S/C14H11F2NO2/c1-2-13(18)12-6-4-10(8-17-12)19-14-7-9(15)3-5-11(14)16/h3-8H,2H2,1H3. The Labute approximate surface area is 108 Å². The molecule has 1 heterocycles. The summed E-state index contributed by atoms with van der Waals surface area (Å²) in [5, 5.41) is 0. The van der Waals surface area contributed by atoms with Gasteiger partial charge in [-0.2, -0.15) is 0 Å². The minimum absolute atomic E-state index is 0.0940. The molecule has 0 spiro atoms. The highest BCUT2D eigenvalue weighted by molar-refractivity contribution is 5.93. The van der Waals surface area contributed by atoms with Crippen LogP contribution in [-0.2, 0) is 0 Å². The second kappa shape index (κ2) is 5.56. The molecule has 3 nitrogen and oxygen atoms in total. The molecule has 2 aromatic rings. The van der Waals surface area contributed by atoms with Crippen molar-refractivity contribution in [1.29, 1.82) is 0 Å². The number of hydrogen-bond acceptors (Lipinski definition) is 3. The van der Waals surface area contributed by atoms with Crippen molar-refractivity contribution in [2.45, 2.75) is 13.3 Å². The number of carbonyl (C=O) groups excluding carboxylic acids is 1. The Hall–Kier alpha value is -2.30. The van der Waals surface area contributed by atoms with E-state index in [9.17, 15) is 13.6 Å². The van der Waals surface area contributed by atoms with Crippen LogP contribution in [0.1, 0.15) is 23.8 Å². The fourth-order valence-corrected chi connectivity index (χ4v) is 1.47. The molecule has 0 atom stereocenters. The van der Waals surface area contributed by atoms with Gasteiger partial charge >= 0.3 is 0 Å². The summed E-state index contributed by atoms with van der Waals surface area (Å²) in [5.41, 5.74) is 0.314. The molecule has 0 amide bonds. The SMILES string of the molecule is CCC(=O)c1ccc(Oc2cc(F)ccc2F)cn1. The molecule has 1 aromatic heterocycles. The van der Waals surface area contributed by atoms with Gasteiger partial charge in [-0.15, -0.1) is 0 Å². The Bertz CT molecular complexity index is 597. The Morgan fingerprint density at radius 3 is 2.68 bits per heavy atom. The van der Waals surface area contributed by atoms with Crippen LogP contribution in [0.15, 0.2) is 36.5 Å². The van der Waals surface area contributed by atoms with Crippen molar-refractivity contribution in [3.63, 3.8) is 0 Å². The molecule has 5 heteroatoms. The third-order valence-electron chi connectivity index (χ3n) is 2.46. The van der Waals surface area contributed by atoms with Crippen molar-refractivity contribution in [3.8, 4) is 11.5 Å². The molecular weight excluding hydrogens is 252 g/mol. The van der Waals surface area contributed by atoms with Crippen LogP contribution in [0, 0.1) is 11.6 Å². The highest BCUT2D eigenvalue weighted by Crippen LogP contribution is 2.24. The predicted molar refractivity (Wildman–Crippen MR) is 65.3 cm³/mol. The van der Waals surface area contributed by atoms with E-state index in [2.05, 4.69) is 4.98 Å². The van der Waals surface area contributed by atoms with Gasteiger partial charge in [-0.05, 0) is 24.3 Å². The topological polar surface area (TPSA) is 39.2 Å². The second-order valence-corrected chi connectivity index (χ2v) is 3.83. The van der Waals surface area contributed by atoms with E-state index in [1.165, 1.54) is 18.3 Å². The molecule has 0 saturated heterocycles. The first-order valence-corrected chi connectivity index (χ1v) is 5.72. The van der Waals surface area contributed by atoms with Crippen molar-refractivity contribution in [1.82, 2.24) is 4.98 Å². The summed E-state index contributed by atoms with van der Waals surface area (Å²) in [6.07, 6.45) is 1.65. The number of rotatable bonds is 4. The molecule has 0 bridgehead atoms. The zero-order valence-electron chi connectivity index (χ0n) is 10.2. The zero-order chi connectivity index (χ0) is 13.8. The Morgan fingerprint density at radius 2 is 2.05 bits per heavy atom. The van der Waals surface area contributed by atoms with Gasteiger partial charge in [-0.25, -0.2) is 13.8 Å². The van der Waals surface area contributed by atoms with E-state index >= 15 is 0 Å². The average molecular weight is 263 g/mol. The highest BCUT2D eigenvalue weighted by atomic mass is 19.1. The minimum atomic E-state index is -0.671. The number of nitrogens with zero attached hydrogens (tertiary/aromatic N) is 1. The second-order valence-electron chi connectivity index (χ2n) is 3.83. The Kier molecular flexibility index (Phi) is 3.85. The van der Waals surface area contributed by atoms with E-state index in [4.69, 9.17) is 4.74 Å². The predicted octanol–water partition coefficient (Wildman–Crippen LogP) is 3.74. The van der Waals surface area contributed by atoms with E-state index < -0.39 is 11.6 Å². The summed E-state index contributed by atoms with van der Waals surface area (Å²) < 4.78 is 31.5. The first-order valence-electron chi connectivity index (χ1n) is 5.72. The molecule has 0 aliphatic rings. The third-order valence-corrected chi connectivity index (χ3v) is 2.46. The summed E-state index contributed by atoms with van der Waals surface area (Å²) in [6, 6.07) is 5.90. The fraction of sp³-hybridized carbons (Fsp3) is 0.143. The molecule has 0 fully saturated rings. The maximum Gasteiger partial charge on any atom is 0.180 e. The van der Waals surface area contributed by atoms with E-state index in [0.717, 1.165) is 18.2 Å². The van der Waals surface area contributed by atoms with Gasteiger partial charge in [0.1, 0.15) is 17.3 Å². The van der Waals surface area contributed by atoms with Crippen molar-refractivity contribution >= 4 is 5.78 Å².